The molecule has 0 aliphatic heterocycles. The summed E-state index contributed by atoms with van der Waals surface area (Å²) >= 11 is 6.03. The Balaban J connectivity index is 0.000000179. The van der Waals surface area contributed by atoms with E-state index in [-0.39, 0.29) is 0 Å². The first-order chi connectivity index (χ1) is 21.8. The van der Waals surface area contributed by atoms with Crippen molar-refractivity contribution in [2.24, 2.45) is 14.1 Å². The molecule has 0 saturated carbocycles. The lowest BCUT2D eigenvalue weighted by Crippen LogP contribution is -2.08. The number of ether oxygens (including phenoxy) is 1. The van der Waals surface area contributed by atoms with E-state index in [0.717, 1.165) is 27.8 Å². The number of aromatic nitrogens is 3. The Bertz CT molecular complexity index is 2130. The van der Waals surface area contributed by atoms with Gasteiger partial charge in [0.2, 0.25) is 0 Å². The normalized spacial score (nSPS) is 10.9. The third kappa shape index (κ3) is 6.19. The van der Waals surface area contributed by atoms with Gasteiger partial charge in [0.15, 0.2) is 0 Å². The smallest absolute Gasteiger partial charge is 0.339 e. The maximum Gasteiger partial charge on any atom is 0.339 e. The predicted molar refractivity (Wildman–Crippen MR) is 185 cm³/mol. The minimum Gasteiger partial charge on any atom is -0.465 e. The molecule has 3 heterocycles. The summed E-state index contributed by atoms with van der Waals surface area (Å²) in [6.07, 6.45) is 6.19. The van der Waals surface area contributed by atoms with E-state index in [1.54, 1.807) is 12.3 Å². The van der Waals surface area contributed by atoms with Crippen molar-refractivity contribution < 1.29 is 9.53 Å². The number of anilines is 1. The zero-order valence-electron chi connectivity index (χ0n) is 25.4. The summed E-state index contributed by atoms with van der Waals surface area (Å²) in [5.41, 5.74) is 16.0. The van der Waals surface area contributed by atoms with Crippen molar-refractivity contribution >= 4 is 45.1 Å². The standard InChI is InChI=1S/C23H19ClN2O2.C15H14N2/c1-26-9-8-17-10-15(11-19(22(17)26)16-6-4-3-5-7-16)12-21-20(23(27)28-2)13-18(24)14-25-21;1-17-8-7-12-9-13(16)10-14(15(12)17)11-5-3-2-4-6-11/h3-11,13-14H,12H2,1-2H3;2-10H,16H2,1H3. The Kier molecular flexibility index (Phi) is 8.41. The molecule has 7 aromatic rings. The average molecular weight is 613 g/mol. The number of fused-ring (bicyclic) bond motifs is 2. The van der Waals surface area contributed by atoms with E-state index < -0.39 is 5.97 Å². The minimum absolute atomic E-state index is 0.393. The van der Waals surface area contributed by atoms with Crippen LogP contribution in [0.2, 0.25) is 5.02 Å². The molecule has 0 bridgehead atoms. The van der Waals surface area contributed by atoms with Crippen molar-refractivity contribution in [3.63, 3.8) is 0 Å². The minimum atomic E-state index is -0.436. The second-order valence-corrected chi connectivity index (χ2v) is 11.4. The fourth-order valence-electron chi connectivity index (χ4n) is 5.84. The van der Waals surface area contributed by atoms with Crippen LogP contribution in [0.1, 0.15) is 21.6 Å². The van der Waals surface area contributed by atoms with Gasteiger partial charge in [0.1, 0.15) is 0 Å². The van der Waals surface area contributed by atoms with Crippen LogP contribution in [0, 0.1) is 0 Å². The van der Waals surface area contributed by atoms with E-state index in [4.69, 9.17) is 22.1 Å². The summed E-state index contributed by atoms with van der Waals surface area (Å²) < 4.78 is 9.16. The summed E-state index contributed by atoms with van der Waals surface area (Å²) in [6, 6.07) is 34.8. The van der Waals surface area contributed by atoms with Crippen LogP contribution in [0.5, 0.6) is 0 Å². The lowest BCUT2D eigenvalue weighted by atomic mass is 9.97. The van der Waals surface area contributed by atoms with Crippen molar-refractivity contribution in [1.29, 1.82) is 0 Å². The molecule has 2 N–H and O–H groups in total. The molecule has 0 spiro atoms. The molecule has 0 atom stereocenters. The topological polar surface area (TPSA) is 75.1 Å². The first kappa shape index (κ1) is 29.7. The second kappa shape index (κ2) is 12.7. The van der Waals surface area contributed by atoms with Crippen LogP contribution < -0.4 is 5.73 Å². The van der Waals surface area contributed by atoms with Crippen molar-refractivity contribution in [3.05, 3.63) is 144 Å². The number of pyridine rings is 1. The highest BCUT2D eigenvalue weighted by Gasteiger charge is 2.16. The number of rotatable bonds is 5. The molecule has 7 rings (SSSR count). The predicted octanol–water partition coefficient (Wildman–Crippen LogP) is 8.70. The Labute approximate surface area is 267 Å². The Morgan fingerprint density at radius 1 is 0.778 bits per heavy atom. The second-order valence-electron chi connectivity index (χ2n) is 11.0. The van der Waals surface area contributed by atoms with Crippen LogP contribution in [-0.4, -0.2) is 27.2 Å². The number of aryl methyl sites for hydroxylation is 2. The number of hydrogen-bond acceptors (Lipinski definition) is 4. The van der Waals surface area contributed by atoms with Gasteiger partial charge in [-0.3, -0.25) is 4.98 Å². The van der Waals surface area contributed by atoms with Crippen LogP contribution in [0.4, 0.5) is 5.69 Å². The summed E-state index contributed by atoms with van der Waals surface area (Å²) in [6.45, 7) is 0. The van der Waals surface area contributed by atoms with Crippen molar-refractivity contribution in [1.82, 2.24) is 14.1 Å². The maximum atomic E-state index is 12.2. The summed E-state index contributed by atoms with van der Waals surface area (Å²) in [5.74, 6) is -0.436. The number of benzene rings is 4. The van der Waals surface area contributed by atoms with Crippen molar-refractivity contribution in [2.45, 2.75) is 6.42 Å². The zero-order valence-corrected chi connectivity index (χ0v) is 26.1. The lowest BCUT2D eigenvalue weighted by Gasteiger charge is -2.12. The monoisotopic (exact) mass is 612 g/mol. The van der Waals surface area contributed by atoms with E-state index in [9.17, 15) is 4.79 Å². The SMILES string of the molecule is COC(=O)c1cc(Cl)cnc1Cc1cc(-c2ccccc2)c2c(ccn2C)c1.Cn1ccc2cc(N)cc(-c3ccccc3)c21. The summed E-state index contributed by atoms with van der Waals surface area (Å²) in [7, 11) is 5.46. The first-order valence-electron chi connectivity index (χ1n) is 14.6. The molecule has 0 unspecified atom stereocenters. The number of esters is 1. The fourth-order valence-corrected chi connectivity index (χ4v) is 6.00. The molecular weight excluding hydrogens is 580 g/mol. The molecule has 45 heavy (non-hydrogen) atoms. The number of nitrogens with two attached hydrogens (primary N) is 1. The summed E-state index contributed by atoms with van der Waals surface area (Å²) in [5, 5.41) is 2.74. The lowest BCUT2D eigenvalue weighted by molar-refractivity contribution is 0.0599. The van der Waals surface area contributed by atoms with E-state index in [0.29, 0.717) is 22.7 Å². The number of carbonyl (C=O) groups excluding carboxylic acids is 1. The van der Waals surface area contributed by atoms with Gasteiger partial charge in [-0.15, -0.1) is 0 Å². The van der Waals surface area contributed by atoms with Crippen LogP contribution >= 0.6 is 11.6 Å². The van der Waals surface area contributed by atoms with Crippen LogP contribution in [0.3, 0.4) is 0 Å². The third-order valence-electron chi connectivity index (χ3n) is 7.91. The van der Waals surface area contributed by atoms with Gasteiger partial charge in [-0.05, 0) is 59.2 Å². The molecule has 7 heteroatoms. The zero-order chi connectivity index (χ0) is 31.5. The van der Waals surface area contributed by atoms with Crippen LogP contribution in [0.25, 0.3) is 44.1 Å². The molecule has 3 aromatic heterocycles. The first-order valence-corrected chi connectivity index (χ1v) is 15.0. The van der Waals surface area contributed by atoms with E-state index in [1.165, 1.54) is 34.7 Å². The van der Waals surface area contributed by atoms with Gasteiger partial charge in [-0.2, -0.15) is 0 Å². The molecule has 0 aliphatic rings. The number of carbonyl (C=O) groups is 1. The van der Waals surface area contributed by atoms with Crippen molar-refractivity contribution in [2.75, 3.05) is 12.8 Å². The molecular formula is C38H33ClN4O2. The van der Waals surface area contributed by atoms with Crippen LogP contribution in [-0.2, 0) is 25.3 Å². The number of nitrogen functional groups attached to an aromatic ring is 1. The fraction of sp³-hybridized carbons (Fsp3) is 0.105. The van der Waals surface area contributed by atoms with E-state index >= 15 is 0 Å². The highest BCUT2D eigenvalue weighted by atomic mass is 35.5. The van der Waals surface area contributed by atoms with E-state index in [2.05, 4.69) is 82.1 Å². The van der Waals surface area contributed by atoms with Gasteiger partial charge in [0.25, 0.3) is 0 Å². The van der Waals surface area contributed by atoms with Gasteiger partial charge in [-0.1, -0.05) is 72.3 Å². The highest BCUT2D eigenvalue weighted by Crippen LogP contribution is 2.33. The number of methoxy groups -OCH3 is 1. The average Bonchev–Trinajstić information content (AvgIpc) is 3.63. The van der Waals surface area contributed by atoms with Gasteiger partial charge < -0.3 is 19.6 Å². The molecule has 0 aliphatic carbocycles. The molecule has 6 nitrogen and oxygen atoms in total. The van der Waals surface area contributed by atoms with Crippen LogP contribution in [0.15, 0.2) is 122 Å². The van der Waals surface area contributed by atoms with Gasteiger partial charge in [0.05, 0.1) is 34.4 Å². The molecule has 224 valence electrons. The van der Waals surface area contributed by atoms with Crippen molar-refractivity contribution in [3.8, 4) is 22.3 Å². The Morgan fingerprint density at radius 2 is 1.33 bits per heavy atom. The molecule has 0 saturated heterocycles. The quantitative estimate of drug-likeness (QED) is 0.156. The number of hydrogen-bond donors (Lipinski definition) is 1. The van der Waals surface area contributed by atoms with Gasteiger partial charge in [-0.25, -0.2) is 4.79 Å². The molecule has 4 aromatic carbocycles. The summed E-state index contributed by atoms with van der Waals surface area (Å²) in [4.78, 5) is 16.5. The number of nitrogens with zero attached hydrogens (tertiary/aromatic N) is 3. The Hall–Kier alpha value is -5.33. The molecule has 0 fully saturated rings. The van der Waals surface area contributed by atoms with E-state index in [1.807, 2.05) is 55.6 Å². The maximum absolute atomic E-state index is 12.2. The molecule has 0 radical (unpaired) electrons. The Morgan fingerprint density at radius 3 is 1.91 bits per heavy atom. The largest absolute Gasteiger partial charge is 0.465 e. The van der Waals surface area contributed by atoms with Gasteiger partial charge in [0, 0.05) is 66.7 Å². The number of halogens is 1. The third-order valence-corrected chi connectivity index (χ3v) is 8.11. The molecule has 0 amide bonds. The highest BCUT2D eigenvalue weighted by molar-refractivity contribution is 6.30. The van der Waals surface area contributed by atoms with Gasteiger partial charge >= 0.3 is 5.97 Å².